The molecule has 20 heavy (non-hydrogen) atoms. The predicted octanol–water partition coefficient (Wildman–Crippen LogP) is 2.53. The highest BCUT2D eigenvalue weighted by Gasteiger charge is 2.15. The maximum absolute atomic E-state index is 10.7. The van der Waals surface area contributed by atoms with Gasteiger partial charge in [-0.15, -0.1) is 0 Å². The van der Waals surface area contributed by atoms with Crippen LogP contribution in [0, 0.1) is 10.1 Å². The first kappa shape index (κ1) is 14.0. The van der Waals surface area contributed by atoms with Crippen LogP contribution in [0.4, 0.5) is 11.5 Å². The lowest BCUT2D eigenvalue weighted by molar-refractivity contribution is -0.384. The van der Waals surface area contributed by atoms with Gasteiger partial charge in [-0.25, -0.2) is 9.97 Å². The average Bonchev–Trinajstić information content (AvgIpc) is 2.44. The first-order valence-corrected chi connectivity index (χ1v) is 6.08. The number of ether oxygens (including phenoxy) is 2. The molecule has 1 aromatic carbocycles. The molecule has 0 saturated carbocycles. The van der Waals surface area contributed by atoms with Gasteiger partial charge in [-0.3, -0.25) is 10.1 Å². The lowest BCUT2D eigenvalue weighted by Gasteiger charge is -2.10. The standard InChI is InChI=1S/C11H9BrN4O4/c1-19-8-4-6(16(17)18)2-3-7(8)20-11-9(12)10(13)14-5-15-11/h2-5H,1H3,(H2,13,14,15). The van der Waals surface area contributed by atoms with Gasteiger partial charge in [0.05, 0.1) is 18.1 Å². The van der Waals surface area contributed by atoms with Crippen molar-refractivity contribution in [3.8, 4) is 17.4 Å². The molecule has 104 valence electrons. The van der Waals surface area contributed by atoms with Crippen molar-refractivity contribution in [2.75, 3.05) is 12.8 Å². The summed E-state index contributed by atoms with van der Waals surface area (Å²) in [5.74, 6) is 0.890. The van der Waals surface area contributed by atoms with Gasteiger partial charge >= 0.3 is 0 Å². The molecule has 0 saturated heterocycles. The molecule has 8 nitrogen and oxygen atoms in total. The fourth-order valence-corrected chi connectivity index (χ4v) is 1.68. The van der Waals surface area contributed by atoms with Crippen LogP contribution in [0.2, 0.25) is 0 Å². The van der Waals surface area contributed by atoms with Crippen LogP contribution in [0.1, 0.15) is 0 Å². The predicted molar refractivity (Wildman–Crippen MR) is 73.9 cm³/mol. The van der Waals surface area contributed by atoms with Crippen LogP contribution in [0.3, 0.4) is 0 Å². The van der Waals surface area contributed by atoms with E-state index < -0.39 is 4.92 Å². The zero-order chi connectivity index (χ0) is 14.7. The minimum absolute atomic E-state index is 0.101. The van der Waals surface area contributed by atoms with E-state index in [0.717, 1.165) is 0 Å². The van der Waals surface area contributed by atoms with Gasteiger partial charge in [0, 0.05) is 6.07 Å². The van der Waals surface area contributed by atoms with E-state index in [2.05, 4.69) is 25.9 Å². The number of rotatable bonds is 4. The largest absolute Gasteiger partial charge is 0.493 e. The Labute approximate surface area is 121 Å². The Morgan fingerprint density at radius 3 is 2.75 bits per heavy atom. The smallest absolute Gasteiger partial charge is 0.273 e. The third kappa shape index (κ3) is 2.77. The maximum Gasteiger partial charge on any atom is 0.273 e. The SMILES string of the molecule is COc1cc([N+](=O)[O-])ccc1Oc1ncnc(N)c1Br. The molecule has 0 amide bonds. The third-order valence-corrected chi connectivity index (χ3v) is 3.09. The van der Waals surface area contributed by atoms with Gasteiger partial charge < -0.3 is 15.2 Å². The molecule has 0 bridgehead atoms. The van der Waals surface area contributed by atoms with Crippen molar-refractivity contribution in [1.82, 2.24) is 9.97 Å². The van der Waals surface area contributed by atoms with Gasteiger partial charge in [0.2, 0.25) is 5.88 Å². The summed E-state index contributed by atoms with van der Waals surface area (Å²) in [6, 6.07) is 3.98. The van der Waals surface area contributed by atoms with Crippen molar-refractivity contribution >= 4 is 27.4 Å². The number of nitrogen functional groups attached to an aromatic ring is 1. The monoisotopic (exact) mass is 340 g/mol. The number of nitrogens with two attached hydrogens (primary N) is 1. The van der Waals surface area contributed by atoms with E-state index in [1.807, 2.05) is 0 Å². The topological polar surface area (TPSA) is 113 Å². The van der Waals surface area contributed by atoms with Gasteiger partial charge in [-0.2, -0.15) is 0 Å². The minimum Gasteiger partial charge on any atom is -0.493 e. The van der Waals surface area contributed by atoms with E-state index in [1.165, 1.54) is 31.6 Å². The molecular formula is C11H9BrN4O4. The number of methoxy groups -OCH3 is 1. The number of nitro benzene ring substituents is 1. The highest BCUT2D eigenvalue weighted by atomic mass is 79.9. The molecule has 0 aliphatic rings. The number of halogens is 1. The number of aromatic nitrogens is 2. The van der Waals surface area contributed by atoms with Crippen molar-refractivity contribution in [3.63, 3.8) is 0 Å². The van der Waals surface area contributed by atoms with Gasteiger partial charge in [0.15, 0.2) is 11.5 Å². The summed E-state index contributed by atoms with van der Waals surface area (Å²) in [4.78, 5) is 17.9. The average molecular weight is 341 g/mol. The van der Waals surface area contributed by atoms with Gasteiger partial charge in [0.25, 0.3) is 5.69 Å². The third-order valence-electron chi connectivity index (χ3n) is 2.35. The molecule has 0 unspecified atom stereocenters. The van der Waals surface area contributed by atoms with Crippen molar-refractivity contribution in [3.05, 3.63) is 39.1 Å². The van der Waals surface area contributed by atoms with Crippen molar-refractivity contribution in [1.29, 1.82) is 0 Å². The molecule has 0 atom stereocenters. The van der Waals surface area contributed by atoms with Crippen LogP contribution < -0.4 is 15.2 Å². The molecule has 2 N–H and O–H groups in total. The molecule has 9 heteroatoms. The summed E-state index contributed by atoms with van der Waals surface area (Å²) in [5, 5.41) is 10.7. The van der Waals surface area contributed by atoms with Crippen LogP contribution in [-0.2, 0) is 0 Å². The number of nitrogens with zero attached hydrogens (tertiary/aromatic N) is 3. The Bertz CT molecular complexity index is 665. The van der Waals surface area contributed by atoms with Crippen molar-refractivity contribution in [2.45, 2.75) is 0 Å². The number of anilines is 1. The van der Waals surface area contributed by atoms with E-state index in [-0.39, 0.29) is 28.9 Å². The highest BCUT2D eigenvalue weighted by Crippen LogP contribution is 2.37. The second-order valence-electron chi connectivity index (χ2n) is 3.57. The Morgan fingerprint density at radius 2 is 2.10 bits per heavy atom. The lowest BCUT2D eigenvalue weighted by atomic mass is 10.3. The molecule has 1 heterocycles. The van der Waals surface area contributed by atoms with E-state index in [0.29, 0.717) is 4.47 Å². The summed E-state index contributed by atoms with van der Waals surface area (Å²) in [5.41, 5.74) is 5.51. The van der Waals surface area contributed by atoms with E-state index in [9.17, 15) is 10.1 Å². The van der Waals surface area contributed by atoms with Crippen LogP contribution in [-0.4, -0.2) is 22.0 Å². The van der Waals surface area contributed by atoms with Crippen LogP contribution in [0.15, 0.2) is 29.0 Å². The molecule has 1 aromatic heterocycles. The summed E-state index contributed by atoms with van der Waals surface area (Å²) in [6.45, 7) is 0. The maximum atomic E-state index is 10.7. The number of hydrogen-bond acceptors (Lipinski definition) is 7. The number of benzene rings is 1. The summed E-state index contributed by atoms with van der Waals surface area (Å²) in [6.07, 6.45) is 1.24. The summed E-state index contributed by atoms with van der Waals surface area (Å²) < 4.78 is 11.0. The number of nitro groups is 1. The highest BCUT2D eigenvalue weighted by molar-refractivity contribution is 9.10. The zero-order valence-electron chi connectivity index (χ0n) is 10.2. The Balaban J connectivity index is 2.38. The second-order valence-corrected chi connectivity index (χ2v) is 4.37. The molecular weight excluding hydrogens is 332 g/mol. The van der Waals surface area contributed by atoms with Crippen LogP contribution in [0.5, 0.6) is 17.4 Å². The molecule has 0 spiro atoms. The molecule has 0 aliphatic carbocycles. The molecule has 0 radical (unpaired) electrons. The van der Waals surface area contributed by atoms with Crippen LogP contribution in [0.25, 0.3) is 0 Å². The van der Waals surface area contributed by atoms with Gasteiger partial charge in [-0.1, -0.05) is 0 Å². The Morgan fingerprint density at radius 1 is 1.35 bits per heavy atom. The zero-order valence-corrected chi connectivity index (χ0v) is 11.8. The number of hydrogen-bond donors (Lipinski definition) is 1. The van der Waals surface area contributed by atoms with E-state index >= 15 is 0 Å². The first-order chi connectivity index (χ1) is 9.52. The van der Waals surface area contributed by atoms with Gasteiger partial charge in [0.1, 0.15) is 16.6 Å². The van der Waals surface area contributed by atoms with Crippen molar-refractivity contribution in [2.24, 2.45) is 0 Å². The van der Waals surface area contributed by atoms with Crippen LogP contribution >= 0.6 is 15.9 Å². The normalized spacial score (nSPS) is 10.1. The fraction of sp³-hybridized carbons (Fsp3) is 0.0909. The minimum atomic E-state index is -0.523. The molecule has 0 aliphatic heterocycles. The van der Waals surface area contributed by atoms with Gasteiger partial charge in [-0.05, 0) is 22.0 Å². The molecule has 0 fully saturated rings. The van der Waals surface area contributed by atoms with E-state index in [1.54, 1.807) is 0 Å². The fourth-order valence-electron chi connectivity index (χ4n) is 1.40. The quantitative estimate of drug-likeness (QED) is 0.671. The molecule has 2 aromatic rings. The Kier molecular flexibility index (Phi) is 3.99. The lowest BCUT2D eigenvalue weighted by Crippen LogP contribution is -1.98. The van der Waals surface area contributed by atoms with E-state index in [4.69, 9.17) is 15.2 Å². The molecule has 2 rings (SSSR count). The Hall–Kier alpha value is -2.42. The second kappa shape index (κ2) is 5.70. The van der Waals surface area contributed by atoms with Crippen molar-refractivity contribution < 1.29 is 14.4 Å². The number of non-ortho nitro benzene ring substituents is 1. The summed E-state index contributed by atoms with van der Waals surface area (Å²) in [7, 11) is 1.38. The summed E-state index contributed by atoms with van der Waals surface area (Å²) >= 11 is 3.20. The first-order valence-electron chi connectivity index (χ1n) is 5.29.